The van der Waals surface area contributed by atoms with Crippen molar-refractivity contribution in [2.45, 2.75) is 45.1 Å². The van der Waals surface area contributed by atoms with Crippen molar-refractivity contribution in [2.24, 2.45) is 0 Å². The Morgan fingerprint density at radius 3 is 2.17 bits per heavy atom. The maximum Gasteiger partial charge on any atom is 0.0448 e. The lowest BCUT2D eigenvalue weighted by Gasteiger charge is -2.33. The number of benzene rings is 1. The second-order valence-corrected chi connectivity index (χ2v) is 7.02. The molecule has 0 aliphatic heterocycles. The fraction of sp³-hybridized carbons (Fsp3) is 0.600. The number of aliphatic hydroxyl groups excluding tert-OH is 1. The van der Waals surface area contributed by atoms with Crippen LogP contribution < -0.4 is 5.32 Å². The summed E-state index contributed by atoms with van der Waals surface area (Å²) in [6, 6.07) is 8.47. The summed E-state index contributed by atoms with van der Waals surface area (Å²) in [4.78, 5) is 0. The molecule has 0 aromatic heterocycles. The van der Waals surface area contributed by atoms with E-state index in [4.69, 9.17) is 5.11 Å². The zero-order valence-corrected chi connectivity index (χ0v) is 13.3. The summed E-state index contributed by atoms with van der Waals surface area (Å²) < 4.78 is 1.11. The van der Waals surface area contributed by atoms with Crippen LogP contribution in [0.3, 0.4) is 0 Å². The van der Waals surface area contributed by atoms with E-state index in [0.29, 0.717) is 0 Å². The molecule has 0 radical (unpaired) electrons. The van der Waals surface area contributed by atoms with Gasteiger partial charge < -0.3 is 10.4 Å². The van der Waals surface area contributed by atoms with Gasteiger partial charge in [-0.15, -0.1) is 0 Å². The zero-order valence-electron chi connectivity index (χ0n) is 11.8. The monoisotopic (exact) mass is 313 g/mol. The molecule has 0 bridgehead atoms. The minimum absolute atomic E-state index is 0.0264. The Bertz CT molecular complexity index is 371. The van der Waals surface area contributed by atoms with E-state index in [0.717, 1.165) is 17.4 Å². The molecule has 0 unspecified atom stereocenters. The highest BCUT2D eigenvalue weighted by Gasteiger charge is 2.24. The summed E-state index contributed by atoms with van der Waals surface area (Å²) in [5.41, 5.74) is 1.37. The highest BCUT2D eigenvalue weighted by Crippen LogP contribution is 2.25. The number of aliphatic hydroxyl groups is 1. The molecule has 0 saturated carbocycles. The molecule has 0 heterocycles. The first-order chi connectivity index (χ1) is 8.27. The van der Waals surface area contributed by atoms with Crippen LogP contribution in [0.25, 0.3) is 0 Å². The first-order valence-corrected chi connectivity index (χ1v) is 7.18. The van der Waals surface area contributed by atoms with Crippen LogP contribution in [0.5, 0.6) is 0 Å². The van der Waals surface area contributed by atoms with Gasteiger partial charge >= 0.3 is 0 Å². The van der Waals surface area contributed by atoms with E-state index in [-0.39, 0.29) is 17.6 Å². The van der Waals surface area contributed by atoms with Crippen LogP contribution in [-0.2, 0) is 5.41 Å². The van der Waals surface area contributed by atoms with Crippen molar-refractivity contribution >= 4 is 15.9 Å². The van der Waals surface area contributed by atoms with Crippen molar-refractivity contribution in [1.29, 1.82) is 0 Å². The van der Waals surface area contributed by atoms with Crippen molar-refractivity contribution in [3.05, 3.63) is 34.3 Å². The number of halogens is 1. The fourth-order valence-electron chi connectivity index (χ4n) is 1.83. The summed E-state index contributed by atoms with van der Waals surface area (Å²) in [6.45, 7) is 9.83. The molecule has 0 fully saturated rings. The van der Waals surface area contributed by atoms with Gasteiger partial charge in [0.2, 0.25) is 0 Å². The van der Waals surface area contributed by atoms with Gasteiger partial charge in [-0.1, -0.05) is 41.9 Å². The molecule has 3 heteroatoms. The third-order valence-electron chi connectivity index (χ3n) is 3.37. The van der Waals surface area contributed by atoms with Crippen molar-refractivity contribution in [3.8, 4) is 0 Å². The van der Waals surface area contributed by atoms with E-state index >= 15 is 0 Å². The molecule has 0 saturated heterocycles. The Kier molecular flexibility index (Phi) is 5.38. The van der Waals surface area contributed by atoms with Gasteiger partial charge in [-0.2, -0.15) is 0 Å². The van der Waals surface area contributed by atoms with Gasteiger partial charge in [0, 0.05) is 28.6 Å². The number of nitrogens with one attached hydrogen (secondary N) is 1. The zero-order chi connectivity index (χ0) is 13.8. The molecule has 1 rings (SSSR count). The summed E-state index contributed by atoms with van der Waals surface area (Å²) in [6.07, 6.45) is 0.767. The van der Waals surface area contributed by atoms with E-state index in [1.807, 2.05) is 0 Å². The van der Waals surface area contributed by atoms with Crippen LogP contribution in [0, 0.1) is 0 Å². The van der Waals surface area contributed by atoms with Crippen LogP contribution >= 0.6 is 15.9 Å². The standard InChI is InChI=1S/C15H24BrNO/c1-14(2,11-17-15(3,4)9-10-18)12-5-7-13(16)8-6-12/h5-8,17-18H,9-11H2,1-4H3. The smallest absolute Gasteiger partial charge is 0.0448 e. The van der Waals surface area contributed by atoms with Crippen LogP contribution in [0.15, 0.2) is 28.7 Å². The van der Waals surface area contributed by atoms with Crippen molar-refractivity contribution < 1.29 is 5.11 Å². The van der Waals surface area contributed by atoms with Crippen LogP contribution in [0.2, 0.25) is 0 Å². The van der Waals surface area contributed by atoms with E-state index in [1.165, 1.54) is 5.56 Å². The highest BCUT2D eigenvalue weighted by atomic mass is 79.9. The predicted octanol–water partition coefficient (Wildman–Crippen LogP) is 3.48. The van der Waals surface area contributed by atoms with Gasteiger partial charge in [0.05, 0.1) is 0 Å². The molecular weight excluding hydrogens is 290 g/mol. The van der Waals surface area contributed by atoms with Crippen molar-refractivity contribution in [1.82, 2.24) is 5.32 Å². The predicted molar refractivity (Wildman–Crippen MR) is 81.0 cm³/mol. The largest absolute Gasteiger partial charge is 0.396 e. The molecule has 0 atom stereocenters. The van der Waals surface area contributed by atoms with Crippen molar-refractivity contribution in [2.75, 3.05) is 13.2 Å². The van der Waals surface area contributed by atoms with Crippen LogP contribution in [-0.4, -0.2) is 23.8 Å². The Balaban J connectivity index is 2.67. The van der Waals surface area contributed by atoms with Crippen LogP contribution in [0.4, 0.5) is 0 Å². The first-order valence-electron chi connectivity index (χ1n) is 6.39. The molecule has 1 aromatic carbocycles. The van der Waals surface area contributed by atoms with Crippen LogP contribution in [0.1, 0.15) is 39.7 Å². The molecule has 0 spiro atoms. The summed E-state index contributed by atoms with van der Waals surface area (Å²) >= 11 is 3.46. The number of hydrogen-bond acceptors (Lipinski definition) is 2. The lowest BCUT2D eigenvalue weighted by atomic mass is 9.83. The highest BCUT2D eigenvalue weighted by molar-refractivity contribution is 9.10. The topological polar surface area (TPSA) is 32.3 Å². The molecule has 2 nitrogen and oxygen atoms in total. The normalized spacial score (nSPS) is 12.8. The van der Waals surface area contributed by atoms with Gasteiger partial charge in [-0.25, -0.2) is 0 Å². The Morgan fingerprint density at radius 1 is 1.11 bits per heavy atom. The molecule has 1 aromatic rings. The molecular formula is C15H24BrNO. The minimum Gasteiger partial charge on any atom is -0.396 e. The third kappa shape index (κ3) is 4.71. The van der Waals surface area contributed by atoms with E-state index < -0.39 is 0 Å². The SMILES string of the molecule is CC(C)(CCO)NCC(C)(C)c1ccc(Br)cc1. The lowest BCUT2D eigenvalue weighted by molar-refractivity contribution is 0.223. The average molecular weight is 314 g/mol. The molecule has 0 aliphatic rings. The molecule has 0 amide bonds. The minimum atomic E-state index is -0.0264. The Hall–Kier alpha value is -0.380. The number of rotatable bonds is 6. The quantitative estimate of drug-likeness (QED) is 0.842. The first kappa shape index (κ1) is 15.7. The Morgan fingerprint density at radius 2 is 1.67 bits per heavy atom. The molecule has 2 N–H and O–H groups in total. The Labute approximate surface area is 119 Å². The van der Waals surface area contributed by atoms with Gasteiger partial charge in [0.15, 0.2) is 0 Å². The number of hydrogen-bond donors (Lipinski definition) is 2. The molecule has 18 heavy (non-hydrogen) atoms. The second-order valence-electron chi connectivity index (χ2n) is 6.10. The van der Waals surface area contributed by atoms with E-state index in [2.05, 4.69) is 73.2 Å². The maximum atomic E-state index is 9.03. The van der Waals surface area contributed by atoms with Gasteiger partial charge in [-0.05, 0) is 38.0 Å². The van der Waals surface area contributed by atoms with Gasteiger partial charge in [0.25, 0.3) is 0 Å². The summed E-state index contributed by atoms with van der Waals surface area (Å²) in [7, 11) is 0. The third-order valence-corrected chi connectivity index (χ3v) is 3.90. The van der Waals surface area contributed by atoms with E-state index in [1.54, 1.807) is 0 Å². The van der Waals surface area contributed by atoms with Crippen molar-refractivity contribution in [3.63, 3.8) is 0 Å². The second kappa shape index (κ2) is 6.18. The lowest BCUT2D eigenvalue weighted by Crippen LogP contribution is -2.46. The van der Waals surface area contributed by atoms with E-state index in [9.17, 15) is 0 Å². The summed E-state index contributed by atoms with van der Waals surface area (Å²) in [5, 5.41) is 12.6. The fourth-order valence-corrected chi connectivity index (χ4v) is 2.10. The summed E-state index contributed by atoms with van der Waals surface area (Å²) in [5.74, 6) is 0. The molecule has 0 aliphatic carbocycles. The van der Waals surface area contributed by atoms with Gasteiger partial charge in [-0.3, -0.25) is 0 Å². The average Bonchev–Trinajstić information content (AvgIpc) is 2.27. The maximum absolute atomic E-state index is 9.03. The molecule has 102 valence electrons. The van der Waals surface area contributed by atoms with Gasteiger partial charge in [0.1, 0.15) is 0 Å².